The molecule has 0 aliphatic carbocycles. The topological polar surface area (TPSA) is 448 Å². The minimum atomic E-state index is -1.65. The summed E-state index contributed by atoms with van der Waals surface area (Å²) < 4.78 is 0. The lowest BCUT2D eigenvalue weighted by atomic mass is 9.96. The summed E-state index contributed by atoms with van der Waals surface area (Å²) in [4.78, 5) is 140. The first-order valence-electron chi connectivity index (χ1n) is 27.1. The van der Waals surface area contributed by atoms with Crippen LogP contribution in [-0.2, 0) is 54.4 Å². The second-order valence-electron chi connectivity index (χ2n) is 20.3. The van der Waals surface area contributed by atoms with Crippen LogP contribution in [0.4, 0.5) is 0 Å². The van der Waals surface area contributed by atoms with Crippen LogP contribution in [-0.4, -0.2) is 182 Å². The van der Waals surface area contributed by atoms with Crippen molar-refractivity contribution in [3.8, 4) is 0 Å². The van der Waals surface area contributed by atoms with Crippen LogP contribution in [0, 0.1) is 11.8 Å². The Morgan fingerprint density at radius 2 is 1.10 bits per heavy atom. The van der Waals surface area contributed by atoms with Gasteiger partial charge in [-0.2, -0.15) is 0 Å². The average molecular weight is 1100 g/mol. The maximum Gasteiger partial charge on any atom is 0.245 e. The second-order valence-corrected chi connectivity index (χ2v) is 20.3. The third kappa shape index (κ3) is 22.2. The molecule has 0 radical (unpaired) electrons. The van der Waals surface area contributed by atoms with E-state index in [-0.39, 0.29) is 70.6 Å². The van der Waals surface area contributed by atoms with E-state index in [1.165, 1.54) is 13.8 Å². The monoisotopic (exact) mass is 1100 g/mol. The minimum Gasteiger partial charge on any atom is -0.391 e. The van der Waals surface area contributed by atoms with Crippen molar-refractivity contribution >= 4 is 59.1 Å². The van der Waals surface area contributed by atoms with E-state index in [1.807, 2.05) is 0 Å². The zero-order valence-electron chi connectivity index (χ0n) is 45.4. The van der Waals surface area contributed by atoms with Gasteiger partial charge in [-0.1, -0.05) is 44.2 Å². The maximum atomic E-state index is 14.5. The number of carbonyl (C=O) groups excluding carboxylic acids is 10. The Labute approximate surface area is 455 Å². The molecule has 1 aromatic rings. The number of aliphatic hydroxyl groups is 2. The van der Waals surface area contributed by atoms with E-state index in [2.05, 4.69) is 58.5 Å². The Morgan fingerprint density at radius 1 is 0.590 bits per heavy atom. The predicted molar refractivity (Wildman–Crippen MR) is 287 cm³/mol. The molecule has 0 aromatic heterocycles. The number of nitrogens with two attached hydrogens (primary N) is 4. The highest BCUT2D eigenvalue weighted by atomic mass is 16.3. The SMILES string of the molecule is CC(C)C[C@@H]1NC(=O)[C@@H](Cc2ccccc2)NC(=O)[C@H](CCN)NC(=O)[C@@H](NC(=O)[C@H](CCCCN)NC(=O)[C@@H](NC(=O)C2CCNCC2)C(C)O)CCNC(=O)[C@H](C(C)O)NC(=O)[C@H](CCN)NC(=O)[C@H](CCN)NC1=O. The molecule has 2 unspecified atom stereocenters. The largest absolute Gasteiger partial charge is 0.391 e. The molecule has 0 spiro atoms. The van der Waals surface area contributed by atoms with E-state index >= 15 is 0 Å². The van der Waals surface area contributed by atoms with Crippen LogP contribution >= 0.6 is 0 Å². The van der Waals surface area contributed by atoms with E-state index in [0.717, 1.165) is 0 Å². The molecule has 0 saturated carbocycles. The Bertz CT molecular complexity index is 2130. The molecule has 438 valence electrons. The van der Waals surface area contributed by atoms with E-state index in [9.17, 15) is 58.2 Å². The van der Waals surface area contributed by atoms with E-state index in [0.29, 0.717) is 44.3 Å². The van der Waals surface area contributed by atoms with Gasteiger partial charge in [0.1, 0.15) is 54.4 Å². The van der Waals surface area contributed by atoms with Crippen molar-refractivity contribution in [3.63, 3.8) is 0 Å². The van der Waals surface area contributed by atoms with Crippen LogP contribution in [0.2, 0.25) is 0 Å². The molecule has 11 atom stereocenters. The first kappa shape index (κ1) is 65.9. The molecule has 21 N–H and O–H groups in total. The minimum absolute atomic E-state index is 0.0214. The fourth-order valence-electron chi connectivity index (χ4n) is 8.86. The third-order valence-corrected chi connectivity index (χ3v) is 13.3. The first-order chi connectivity index (χ1) is 37.1. The van der Waals surface area contributed by atoms with Crippen LogP contribution in [0.3, 0.4) is 0 Å². The van der Waals surface area contributed by atoms with Crippen LogP contribution in [0.15, 0.2) is 30.3 Å². The van der Waals surface area contributed by atoms with Crippen molar-refractivity contribution in [2.75, 3.05) is 45.8 Å². The van der Waals surface area contributed by atoms with E-state index in [1.54, 1.807) is 44.2 Å². The number of benzene rings is 1. The lowest BCUT2D eigenvalue weighted by Crippen LogP contribution is -2.61. The molecule has 78 heavy (non-hydrogen) atoms. The summed E-state index contributed by atoms with van der Waals surface area (Å²) in [6.45, 7) is 6.71. The lowest BCUT2D eigenvalue weighted by molar-refractivity contribution is -0.137. The van der Waals surface area contributed by atoms with Gasteiger partial charge in [0.25, 0.3) is 0 Å². The number of hydrogen-bond donors (Lipinski definition) is 17. The Morgan fingerprint density at radius 3 is 1.63 bits per heavy atom. The van der Waals surface area contributed by atoms with Crippen molar-refractivity contribution < 1.29 is 58.2 Å². The number of aliphatic hydroxyl groups excluding tert-OH is 2. The first-order valence-corrected chi connectivity index (χ1v) is 27.1. The summed E-state index contributed by atoms with van der Waals surface area (Å²) in [7, 11) is 0. The molecule has 10 amide bonds. The van der Waals surface area contributed by atoms with Gasteiger partial charge in [0, 0.05) is 18.9 Å². The smallest absolute Gasteiger partial charge is 0.245 e. The van der Waals surface area contributed by atoms with Crippen molar-refractivity contribution in [3.05, 3.63) is 35.9 Å². The quantitative estimate of drug-likeness (QED) is 0.0481. The number of amides is 10. The van der Waals surface area contributed by atoms with Gasteiger partial charge in [0.2, 0.25) is 59.1 Å². The summed E-state index contributed by atoms with van der Waals surface area (Å²) in [6, 6.07) is -4.32. The molecule has 27 nitrogen and oxygen atoms in total. The predicted octanol–water partition coefficient (Wildman–Crippen LogP) is -5.91. The van der Waals surface area contributed by atoms with Gasteiger partial charge < -0.3 is 91.6 Å². The van der Waals surface area contributed by atoms with Gasteiger partial charge in [0.15, 0.2) is 0 Å². The number of piperidine rings is 1. The molecule has 2 saturated heterocycles. The fourth-order valence-corrected chi connectivity index (χ4v) is 8.86. The van der Waals surface area contributed by atoms with Crippen LogP contribution in [0.1, 0.15) is 97.5 Å². The van der Waals surface area contributed by atoms with Crippen LogP contribution in [0.5, 0.6) is 0 Å². The van der Waals surface area contributed by atoms with Gasteiger partial charge in [0.05, 0.1) is 12.2 Å². The van der Waals surface area contributed by atoms with Crippen molar-refractivity contribution in [2.24, 2.45) is 34.8 Å². The summed E-state index contributed by atoms with van der Waals surface area (Å²) in [5, 5.41) is 50.6. The Balaban J connectivity index is 2.13. The fraction of sp³-hybridized carbons (Fsp3) is 0.686. The molecular formula is C51H87N15O12. The molecule has 2 aliphatic heterocycles. The number of unbranched alkanes of at least 4 members (excludes halogenated alkanes) is 1. The Kier molecular flexibility index (Phi) is 29.2. The van der Waals surface area contributed by atoms with E-state index in [4.69, 9.17) is 22.9 Å². The highest BCUT2D eigenvalue weighted by molar-refractivity contribution is 5.99. The zero-order chi connectivity index (χ0) is 57.9. The molecule has 2 aliphatic rings. The maximum absolute atomic E-state index is 14.5. The highest BCUT2D eigenvalue weighted by Gasteiger charge is 2.37. The molecule has 3 rings (SSSR count). The van der Waals surface area contributed by atoms with Crippen LogP contribution in [0.25, 0.3) is 0 Å². The van der Waals surface area contributed by atoms with Crippen molar-refractivity contribution in [1.82, 2.24) is 58.5 Å². The van der Waals surface area contributed by atoms with Gasteiger partial charge >= 0.3 is 0 Å². The number of nitrogens with one attached hydrogen (secondary N) is 11. The molecular weight excluding hydrogens is 1010 g/mol. The van der Waals surface area contributed by atoms with Gasteiger partial charge in [-0.05, 0) is 129 Å². The number of hydrogen-bond acceptors (Lipinski definition) is 17. The van der Waals surface area contributed by atoms with Crippen molar-refractivity contribution in [2.45, 2.75) is 165 Å². The average Bonchev–Trinajstić information content (AvgIpc) is 3.40. The number of carbonyl (C=O) groups is 10. The van der Waals surface area contributed by atoms with Gasteiger partial charge in [-0.15, -0.1) is 0 Å². The summed E-state index contributed by atoms with van der Waals surface area (Å²) in [5.74, 6) is -9.04. The van der Waals surface area contributed by atoms with Crippen molar-refractivity contribution in [1.29, 1.82) is 0 Å². The van der Waals surface area contributed by atoms with Crippen LogP contribution < -0.4 is 81.4 Å². The lowest BCUT2D eigenvalue weighted by Gasteiger charge is -2.29. The second kappa shape index (κ2) is 34.5. The van der Waals surface area contributed by atoms with Gasteiger partial charge in [-0.3, -0.25) is 47.9 Å². The summed E-state index contributed by atoms with van der Waals surface area (Å²) in [5.41, 5.74) is 24.0. The van der Waals surface area contributed by atoms with E-state index < -0.39 is 145 Å². The Hall–Kier alpha value is -6.36. The molecule has 27 heteroatoms. The zero-order valence-corrected chi connectivity index (χ0v) is 45.4. The summed E-state index contributed by atoms with van der Waals surface area (Å²) in [6.07, 6.45) is -2.12. The molecule has 2 heterocycles. The molecule has 0 bridgehead atoms. The van der Waals surface area contributed by atoms with Gasteiger partial charge in [-0.25, -0.2) is 0 Å². The highest BCUT2D eigenvalue weighted by Crippen LogP contribution is 2.14. The molecule has 2 fully saturated rings. The standard InChI is InChI=1S/C51H87N15O12/c1-28(2)26-38-48(75)60-34(13-20-53)44(71)59-36(15-22-55)47(74)66-40(29(3)67)50(77)57-25-18-37(46(73)58-35(14-21-54)45(72)64-39(49(76)63-38)27-31-10-6-5-7-11-31)61-43(70)33(12-8-9-19-52)62-51(78)41(30(4)68)65-42(69)32-16-23-56-24-17-32/h5-7,10-11,28-30,32-41,56,67-68H,8-9,12-27,52-55H2,1-4H3,(H,57,77)(H,58,73)(H,59,71)(H,60,75)(H,61,70)(H,62,78)(H,63,76)(H,64,72)(H,65,69)(H,66,74)/t29?,30?,33-,34-,35-,36-,37-,38-,39+,40-,41-/m0/s1. The normalized spacial score (nSPS) is 24.6. The number of rotatable bonds is 22. The third-order valence-electron chi connectivity index (χ3n) is 13.3. The summed E-state index contributed by atoms with van der Waals surface area (Å²) >= 11 is 0. The molecule has 1 aromatic carbocycles.